The zero-order valence-corrected chi connectivity index (χ0v) is 16.7. The van der Waals surface area contributed by atoms with Gasteiger partial charge in [0.05, 0.1) is 24.9 Å². The van der Waals surface area contributed by atoms with Gasteiger partial charge >= 0.3 is 18.2 Å². The van der Waals surface area contributed by atoms with Crippen LogP contribution in [-0.4, -0.2) is 58.4 Å². The van der Waals surface area contributed by atoms with E-state index < -0.39 is 29.8 Å². The Morgan fingerprint density at radius 3 is 2.59 bits per heavy atom. The van der Waals surface area contributed by atoms with Crippen LogP contribution in [0.2, 0.25) is 0 Å². The van der Waals surface area contributed by atoms with Crippen LogP contribution >= 0.6 is 11.3 Å². The van der Waals surface area contributed by atoms with E-state index in [-0.39, 0.29) is 24.7 Å². The molecule has 1 heterocycles. The van der Waals surface area contributed by atoms with Crippen LogP contribution in [0.4, 0.5) is 9.59 Å². The fourth-order valence-electron chi connectivity index (χ4n) is 2.02. The largest absolute Gasteiger partial charge is 0.476 e. The van der Waals surface area contributed by atoms with E-state index in [1.807, 2.05) is 0 Å². The summed E-state index contributed by atoms with van der Waals surface area (Å²) in [5.41, 5.74) is -0.410. The van der Waals surface area contributed by atoms with Crippen molar-refractivity contribution in [3.63, 3.8) is 0 Å². The molecule has 150 valence electrons. The summed E-state index contributed by atoms with van der Waals surface area (Å²) in [6, 6.07) is -0.784. The first kappa shape index (κ1) is 22.4. The third-order valence-electron chi connectivity index (χ3n) is 3.03. The van der Waals surface area contributed by atoms with Crippen LogP contribution in [0.5, 0.6) is 0 Å². The molecule has 1 rings (SSSR count). The molecule has 0 aliphatic rings. The van der Waals surface area contributed by atoms with Crippen molar-refractivity contribution in [2.24, 2.45) is 0 Å². The van der Waals surface area contributed by atoms with E-state index in [1.54, 1.807) is 27.7 Å². The summed E-state index contributed by atoms with van der Waals surface area (Å²) >= 11 is 0.928. The summed E-state index contributed by atoms with van der Waals surface area (Å²) in [5, 5.41) is 13.1. The van der Waals surface area contributed by atoms with Crippen LogP contribution in [-0.2, 0) is 9.47 Å². The van der Waals surface area contributed by atoms with Crippen LogP contribution in [0, 0.1) is 0 Å². The molecule has 27 heavy (non-hydrogen) atoms. The molecule has 0 bridgehead atoms. The predicted octanol–water partition coefficient (Wildman–Crippen LogP) is 3.05. The number of carbonyl (C=O) groups excluding carboxylic acids is 2. The lowest BCUT2D eigenvalue weighted by Gasteiger charge is -2.27. The summed E-state index contributed by atoms with van der Waals surface area (Å²) in [5.74, 6) is -1.17. The zero-order valence-electron chi connectivity index (χ0n) is 15.9. The van der Waals surface area contributed by atoms with Gasteiger partial charge in [0.1, 0.15) is 5.60 Å². The monoisotopic (exact) mass is 399 g/mol. The number of alkyl carbamates (subject to hydrolysis) is 1. The number of rotatable bonds is 8. The van der Waals surface area contributed by atoms with Gasteiger partial charge in [-0.3, -0.25) is 0 Å². The molecule has 0 aromatic carbocycles. The van der Waals surface area contributed by atoms with Gasteiger partial charge < -0.3 is 24.8 Å². The van der Waals surface area contributed by atoms with Crippen molar-refractivity contribution in [1.29, 1.82) is 0 Å². The van der Waals surface area contributed by atoms with E-state index in [0.717, 1.165) is 11.3 Å². The fraction of sp³-hybridized carbons (Fsp3) is 0.529. The maximum Gasteiger partial charge on any atom is 0.410 e. The van der Waals surface area contributed by atoms with Crippen LogP contribution in [0.1, 0.15) is 49.2 Å². The zero-order chi connectivity index (χ0) is 20.6. The highest BCUT2D eigenvalue weighted by Crippen LogP contribution is 2.20. The Kier molecular flexibility index (Phi) is 8.23. The Labute approximate surface area is 162 Å². The normalized spacial score (nSPS) is 12.0. The minimum atomic E-state index is -1.17. The molecule has 0 saturated carbocycles. The summed E-state index contributed by atoms with van der Waals surface area (Å²) in [6.07, 6.45) is 0.229. The molecule has 1 atom stereocenters. The van der Waals surface area contributed by atoms with Gasteiger partial charge in [-0.2, -0.15) is 0 Å². The lowest BCUT2D eigenvalue weighted by Crippen LogP contribution is -2.43. The molecule has 1 aromatic rings. The number of carboxylic acids is 1. The van der Waals surface area contributed by atoms with E-state index in [0.29, 0.717) is 5.69 Å². The van der Waals surface area contributed by atoms with Gasteiger partial charge in [-0.05, 0) is 27.7 Å². The number of aromatic carboxylic acids is 1. The van der Waals surface area contributed by atoms with Gasteiger partial charge in [0.2, 0.25) is 5.01 Å². The second-order valence-corrected chi connectivity index (χ2v) is 7.33. The molecule has 0 spiro atoms. The Balaban J connectivity index is 3.07. The van der Waals surface area contributed by atoms with Gasteiger partial charge in [0.25, 0.3) is 0 Å². The molecule has 0 fully saturated rings. The molecular weight excluding hydrogens is 374 g/mol. The maximum absolute atomic E-state index is 12.2. The predicted molar refractivity (Wildman–Crippen MR) is 100.0 cm³/mol. The molecule has 1 unspecified atom stereocenters. The Morgan fingerprint density at radius 1 is 1.44 bits per heavy atom. The Morgan fingerprint density at radius 2 is 2.11 bits per heavy atom. The molecule has 0 radical (unpaired) electrons. The van der Waals surface area contributed by atoms with Gasteiger partial charge in [-0.15, -0.1) is 17.9 Å². The number of ether oxygens (including phenoxy) is 2. The molecule has 10 heteroatoms. The molecule has 0 aliphatic heterocycles. The number of aromatic nitrogens is 1. The minimum absolute atomic E-state index is 0.00683. The van der Waals surface area contributed by atoms with Gasteiger partial charge in [-0.25, -0.2) is 19.4 Å². The van der Waals surface area contributed by atoms with Crippen LogP contribution in [0.15, 0.2) is 18.0 Å². The number of thiazole rings is 1. The average molecular weight is 399 g/mol. The van der Waals surface area contributed by atoms with E-state index in [1.165, 1.54) is 16.4 Å². The molecule has 2 N–H and O–H groups in total. The molecule has 9 nitrogen and oxygen atoms in total. The molecule has 0 aliphatic carbocycles. The number of hydrogen-bond acceptors (Lipinski definition) is 7. The molecule has 0 saturated heterocycles. The molecular formula is C17H25N3O6S. The van der Waals surface area contributed by atoms with Gasteiger partial charge in [0, 0.05) is 11.9 Å². The Hall–Kier alpha value is -2.62. The van der Waals surface area contributed by atoms with Crippen molar-refractivity contribution in [2.45, 2.75) is 39.3 Å². The van der Waals surface area contributed by atoms with Crippen LogP contribution < -0.4 is 5.32 Å². The summed E-state index contributed by atoms with van der Waals surface area (Å²) < 4.78 is 10.3. The average Bonchev–Trinajstić information content (AvgIpc) is 3.02. The first-order chi connectivity index (χ1) is 12.6. The topological polar surface area (TPSA) is 118 Å². The second-order valence-electron chi connectivity index (χ2n) is 6.47. The number of nitrogens with zero attached hydrogens (tertiary/aromatic N) is 2. The van der Waals surface area contributed by atoms with E-state index >= 15 is 0 Å². The summed E-state index contributed by atoms with van der Waals surface area (Å²) in [4.78, 5) is 40.8. The highest BCUT2D eigenvalue weighted by molar-refractivity contribution is 7.11. The van der Waals surface area contributed by atoms with Crippen molar-refractivity contribution in [1.82, 2.24) is 15.2 Å². The second kappa shape index (κ2) is 9.91. The number of carboxylic acid groups (broad SMARTS) is 1. The third kappa shape index (κ3) is 7.65. The first-order valence-corrected chi connectivity index (χ1v) is 9.16. The van der Waals surface area contributed by atoms with Crippen LogP contribution in [0.25, 0.3) is 0 Å². The summed E-state index contributed by atoms with van der Waals surface area (Å²) in [7, 11) is 0. The van der Waals surface area contributed by atoms with Crippen molar-refractivity contribution in [2.75, 3.05) is 19.7 Å². The van der Waals surface area contributed by atoms with Gasteiger partial charge in [-0.1, -0.05) is 6.08 Å². The van der Waals surface area contributed by atoms with Crippen molar-refractivity contribution >= 4 is 29.5 Å². The van der Waals surface area contributed by atoms with E-state index in [9.17, 15) is 14.4 Å². The lowest BCUT2D eigenvalue weighted by atomic mass is 10.2. The SMILES string of the molecule is C=CCN(CC(NC(=O)OC(C)(C)C)c1csc(C(=O)O)n1)C(=O)OCC. The highest BCUT2D eigenvalue weighted by atomic mass is 32.1. The standard InChI is InChI=1S/C17H25N3O6S/c1-6-8-20(16(24)25-7-2)9-11(19-15(23)26-17(3,4)5)12-10-27-13(18-12)14(21)22/h6,10-11H,1,7-9H2,2-5H3,(H,19,23)(H,21,22). The third-order valence-corrected chi connectivity index (χ3v) is 3.88. The van der Waals surface area contributed by atoms with Crippen molar-refractivity contribution < 1.29 is 29.0 Å². The smallest absolute Gasteiger partial charge is 0.410 e. The lowest BCUT2D eigenvalue weighted by molar-refractivity contribution is 0.0483. The number of hydrogen-bond donors (Lipinski definition) is 2. The van der Waals surface area contributed by atoms with E-state index in [2.05, 4.69) is 16.9 Å². The molecule has 1 aromatic heterocycles. The number of amides is 2. The fourth-order valence-corrected chi connectivity index (χ4v) is 2.73. The molecule has 2 amide bonds. The maximum atomic E-state index is 12.2. The van der Waals surface area contributed by atoms with E-state index in [4.69, 9.17) is 14.6 Å². The van der Waals surface area contributed by atoms with Crippen molar-refractivity contribution in [3.05, 3.63) is 28.7 Å². The highest BCUT2D eigenvalue weighted by Gasteiger charge is 2.27. The minimum Gasteiger partial charge on any atom is -0.476 e. The van der Waals surface area contributed by atoms with Crippen LogP contribution in [0.3, 0.4) is 0 Å². The summed E-state index contributed by atoms with van der Waals surface area (Å²) in [6.45, 7) is 10.8. The number of nitrogens with one attached hydrogen (secondary N) is 1. The number of carbonyl (C=O) groups is 3. The van der Waals surface area contributed by atoms with Gasteiger partial charge in [0.15, 0.2) is 0 Å². The quantitative estimate of drug-likeness (QED) is 0.645. The first-order valence-electron chi connectivity index (χ1n) is 8.28. The van der Waals surface area contributed by atoms with Crippen molar-refractivity contribution in [3.8, 4) is 0 Å². The Bertz CT molecular complexity index is 682.